The number of benzene rings is 4. The molecule has 7 heteroatoms. The Morgan fingerprint density at radius 2 is 1.45 bits per heavy atom. The Balaban J connectivity index is 1.63. The highest BCUT2D eigenvalue weighted by Crippen LogP contribution is 2.31. The van der Waals surface area contributed by atoms with Gasteiger partial charge in [-0.1, -0.05) is 72.8 Å². The first-order valence-electron chi connectivity index (χ1n) is 10.0. The molecule has 1 atom stereocenters. The van der Waals surface area contributed by atoms with Crippen molar-refractivity contribution in [3.8, 4) is 0 Å². The van der Waals surface area contributed by atoms with Crippen LogP contribution in [0.2, 0.25) is 0 Å². The Bertz CT molecular complexity index is 1300. The smallest absolute Gasteiger partial charge is 0.416 e. The highest BCUT2D eigenvalue weighted by atomic mass is 19.4. The Labute approximate surface area is 187 Å². The molecular formula is C26H18F3NO3. The molecule has 1 N–H and O–H groups in total. The van der Waals surface area contributed by atoms with Crippen LogP contribution in [0, 0.1) is 0 Å². The van der Waals surface area contributed by atoms with Crippen molar-refractivity contribution in [3.05, 3.63) is 114 Å². The molecule has 0 aromatic heterocycles. The van der Waals surface area contributed by atoms with Gasteiger partial charge in [-0.2, -0.15) is 13.2 Å². The van der Waals surface area contributed by atoms with Gasteiger partial charge in [-0.15, -0.1) is 0 Å². The van der Waals surface area contributed by atoms with E-state index in [1.165, 1.54) is 12.1 Å². The van der Waals surface area contributed by atoms with Crippen LogP contribution in [0.4, 0.5) is 18.9 Å². The van der Waals surface area contributed by atoms with E-state index in [1.54, 1.807) is 54.6 Å². The number of alkyl halides is 3. The lowest BCUT2D eigenvalue weighted by Crippen LogP contribution is -2.26. The van der Waals surface area contributed by atoms with Crippen LogP contribution in [0.3, 0.4) is 0 Å². The summed E-state index contributed by atoms with van der Waals surface area (Å²) < 4.78 is 44.7. The monoisotopic (exact) mass is 449 g/mol. The summed E-state index contributed by atoms with van der Waals surface area (Å²) in [4.78, 5) is 26.1. The molecule has 0 bridgehead atoms. The van der Waals surface area contributed by atoms with Gasteiger partial charge in [0.2, 0.25) is 6.10 Å². The van der Waals surface area contributed by atoms with Crippen molar-refractivity contribution >= 4 is 28.3 Å². The number of esters is 1. The predicted molar refractivity (Wildman–Crippen MR) is 119 cm³/mol. The molecule has 4 nitrogen and oxygen atoms in total. The van der Waals surface area contributed by atoms with Crippen molar-refractivity contribution in [2.45, 2.75) is 12.3 Å². The minimum Gasteiger partial charge on any atom is -0.444 e. The first kappa shape index (κ1) is 22.1. The summed E-state index contributed by atoms with van der Waals surface area (Å²) >= 11 is 0. The van der Waals surface area contributed by atoms with Gasteiger partial charge in [0.05, 0.1) is 11.1 Å². The van der Waals surface area contributed by atoms with Crippen LogP contribution in [0.1, 0.15) is 27.6 Å². The minimum absolute atomic E-state index is 0.0584. The summed E-state index contributed by atoms with van der Waals surface area (Å²) in [5.74, 6) is -1.49. The third-order valence-electron chi connectivity index (χ3n) is 5.03. The van der Waals surface area contributed by atoms with Crippen LogP contribution in [-0.2, 0) is 15.7 Å². The number of rotatable bonds is 5. The fourth-order valence-electron chi connectivity index (χ4n) is 3.46. The van der Waals surface area contributed by atoms with E-state index in [2.05, 4.69) is 5.32 Å². The van der Waals surface area contributed by atoms with Crippen LogP contribution >= 0.6 is 0 Å². The van der Waals surface area contributed by atoms with Crippen molar-refractivity contribution in [2.24, 2.45) is 0 Å². The summed E-state index contributed by atoms with van der Waals surface area (Å²) in [6, 6.07) is 24.9. The SMILES string of the molecule is O=C(O[C@@H](C(=O)Nc1cccc(C(F)(F)F)c1)c1ccccc1)c1cccc2ccccc12. The van der Waals surface area contributed by atoms with Crippen molar-refractivity contribution in [3.63, 3.8) is 0 Å². The lowest BCUT2D eigenvalue weighted by atomic mass is 10.0. The molecule has 0 saturated heterocycles. The highest BCUT2D eigenvalue weighted by Gasteiger charge is 2.31. The summed E-state index contributed by atoms with van der Waals surface area (Å²) in [6.45, 7) is 0. The van der Waals surface area contributed by atoms with Crippen molar-refractivity contribution in [1.82, 2.24) is 0 Å². The van der Waals surface area contributed by atoms with Gasteiger partial charge >= 0.3 is 12.1 Å². The fraction of sp³-hybridized carbons (Fsp3) is 0.0769. The summed E-state index contributed by atoms with van der Waals surface area (Å²) in [5, 5.41) is 3.92. The molecule has 0 fully saturated rings. The fourth-order valence-corrected chi connectivity index (χ4v) is 3.46. The van der Waals surface area contributed by atoms with E-state index in [9.17, 15) is 22.8 Å². The molecule has 0 saturated carbocycles. The molecule has 166 valence electrons. The summed E-state index contributed by atoms with van der Waals surface area (Å²) in [6.07, 6.45) is -5.92. The molecule has 0 radical (unpaired) electrons. The Kier molecular flexibility index (Phi) is 6.13. The number of hydrogen-bond donors (Lipinski definition) is 1. The zero-order valence-electron chi connectivity index (χ0n) is 17.2. The Morgan fingerprint density at radius 3 is 2.21 bits per heavy atom. The van der Waals surface area contributed by atoms with Gasteiger partial charge in [0.1, 0.15) is 0 Å². The quantitative estimate of drug-likeness (QED) is 0.359. The molecule has 0 unspecified atom stereocenters. The van der Waals surface area contributed by atoms with E-state index in [4.69, 9.17) is 4.74 Å². The maximum atomic E-state index is 13.0. The first-order chi connectivity index (χ1) is 15.8. The normalized spacial score (nSPS) is 12.2. The Hall–Kier alpha value is -4.13. The van der Waals surface area contributed by atoms with Gasteiger partial charge in [-0.3, -0.25) is 4.79 Å². The molecule has 33 heavy (non-hydrogen) atoms. The van der Waals surface area contributed by atoms with E-state index >= 15 is 0 Å². The molecule has 0 aliphatic carbocycles. The molecule has 0 aliphatic heterocycles. The Morgan fingerprint density at radius 1 is 0.788 bits per heavy atom. The van der Waals surface area contributed by atoms with E-state index < -0.39 is 29.7 Å². The van der Waals surface area contributed by atoms with Crippen molar-refractivity contribution in [2.75, 3.05) is 5.32 Å². The van der Waals surface area contributed by atoms with Gasteiger partial charge in [0, 0.05) is 11.3 Å². The average molecular weight is 449 g/mol. The van der Waals surface area contributed by atoms with E-state index in [1.807, 2.05) is 18.2 Å². The molecule has 1 amide bonds. The van der Waals surface area contributed by atoms with Gasteiger partial charge < -0.3 is 10.1 Å². The number of fused-ring (bicyclic) bond motifs is 1. The zero-order valence-corrected chi connectivity index (χ0v) is 17.2. The van der Waals surface area contributed by atoms with E-state index in [0.29, 0.717) is 10.9 Å². The number of amides is 1. The molecule has 0 spiro atoms. The standard InChI is InChI=1S/C26H18F3NO3/c27-26(28,29)19-12-7-13-20(16-19)30-24(31)23(18-9-2-1-3-10-18)33-25(32)22-15-6-11-17-8-4-5-14-21(17)22/h1-16,23H,(H,30,31)/t23-/m1/s1. The predicted octanol–water partition coefficient (Wildman–Crippen LogP) is 6.40. The second-order valence-corrected chi connectivity index (χ2v) is 7.29. The molecule has 4 rings (SSSR count). The second-order valence-electron chi connectivity index (χ2n) is 7.29. The molecule has 0 aliphatic rings. The first-order valence-corrected chi connectivity index (χ1v) is 10.0. The van der Waals surface area contributed by atoms with Gasteiger partial charge in [0.25, 0.3) is 5.91 Å². The third-order valence-corrected chi connectivity index (χ3v) is 5.03. The summed E-state index contributed by atoms with van der Waals surface area (Å²) in [7, 11) is 0. The zero-order chi connectivity index (χ0) is 23.4. The number of carbonyl (C=O) groups excluding carboxylic acids is 2. The number of halogens is 3. The van der Waals surface area contributed by atoms with Gasteiger partial charge in [-0.25, -0.2) is 4.79 Å². The number of anilines is 1. The lowest BCUT2D eigenvalue weighted by Gasteiger charge is -2.19. The molecular weight excluding hydrogens is 431 g/mol. The number of ether oxygens (including phenoxy) is 1. The van der Waals surface area contributed by atoms with Crippen LogP contribution < -0.4 is 5.32 Å². The van der Waals surface area contributed by atoms with Crippen LogP contribution in [0.25, 0.3) is 10.8 Å². The average Bonchev–Trinajstić information content (AvgIpc) is 2.82. The maximum absolute atomic E-state index is 13.0. The minimum atomic E-state index is -4.56. The number of hydrogen-bond acceptors (Lipinski definition) is 3. The molecule has 4 aromatic rings. The van der Waals surface area contributed by atoms with Crippen molar-refractivity contribution in [1.29, 1.82) is 0 Å². The molecule has 4 aromatic carbocycles. The van der Waals surface area contributed by atoms with Gasteiger partial charge in [-0.05, 0) is 35.0 Å². The maximum Gasteiger partial charge on any atom is 0.416 e. The lowest BCUT2D eigenvalue weighted by molar-refractivity contribution is -0.137. The van der Waals surface area contributed by atoms with E-state index in [-0.39, 0.29) is 11.3 Å². The number of carbonyl (C=O) groups is 2. The van der Waals surface area contributed by atoms with Crippen LogP contribution in [0.15, 0.2) is 97.1 Å². The largest absolute Gasteiger partial charge is 0.444 e. The molecule has 0 heterocycles. The van der Waals surface area contributed by atoms with Crippen LogP contribution in [0.5, 0.6) is 0 Å². The number of nitrogens with one attached hydrogen (secondary N) is 1. The van der Waals surface area contributed by atoms with Gasteiger partial charge in [0.15, 0.2) is 0 Å². The topological polar surface area (TPSA) is 55.4 Å². The van der Waals surface area contributed by atoms with Crippen molar-refractivity contribution < 1.29 is 27.5 Å². The second kappa shape index (κ2) is 9.16. The highest BCUT2D eigenvalue weighted by molar-refractivity contribution is 6.06. The third kappa shape index (κ3) is 5.03. The van der Waals surface area contributed by atoms with Crippen LogP contribution in [-0.4, -0.2) is 11.9 Å². The summed E-state index contributed by atoms with van der Waals surface area (Å²) in [5.41, 5.74) is -0.294. The van der Waals surface area contributed by atoms with E-state index in [0.717, 1.165) is 17.5 Å².